The van der Waals surface area contributed by atoms with Gasteiger partial charge >= 0.3 is 0 Å². The number of carbonyl (C=O) groups excluding carboxylic acids is 1. The monoisotopic (exact) mass is 405 g/mol. The molecule has 0 amide bonds. The van der Waals surface area contributed by atoms with Crippen molar-refractivity contribution >= 4 is 22.5 Å². The van der Waals surface area contributed by atoms with Gasteiger partial charge in [0.15, 0.2) is 0 Å². The van der Waals surface area contributed by atoms with Gasteiger partial charge in [0.05, 0.1) is 5.52 Å². The number of ketones is 1. The van der Waals surface area contributed by atoms with E-state index in [1.165, 1.54) is 51.4 Å². The van der Waals surface area contributed by atoms with Gasteiger partial charge in [0.25, 0.3) is 0 Å². The molecule has 3 fully saturated rings. The Kier molecular flexibility index (Phi) is 5.75. The summed E-state index contributed by atoms with van der Waals surface area (Å²) in [6.07, 6.45) is 16.1. The summed E-state index contributed by atoms with van der Waals surface area (Å²) in [5.41, 5.74) is 1.34. The SMILES string of the molecule is O=C(C1CCCCC1)C1CCCCCN(c2ncnc3ccccc23)CC2(CC2)C1. The van der Waals surface area contributed by atoms with E-state index in [0.717, 1.165) is 55.5 Å². The van der Waals surface area contributed by atoms with Crippen LogP contribution in [0.2, 0.25) is 0 Å². The molecule has 4 heteroatoms. The number of fused-ring (bicyclic) bond motifs is 1. The van der Waals surface area contributed by atoms with Gasteiger partial charge in [-0.3, -0.25) is 4.79 Å². The Labute approximate surface area is 180 Å². The lowest BCUT2D eigenvalue weighted by molar-refractivity contribution is -0.128. The van der Waals surface area contributed by atoms with Crippen molar-refractivity contribution in [3.63, 3.8) is 0 Å². The van der Waals surface area contributed by atoms with Crippen LogP contribution in [0.25, 0.3) is 10.9 Å². The van der Waals surface area contributed by atoms with Crippen LogP contribution in [0.3, 0.4) is 0 Å². The number of Topliss-reactive ketones (excluding diaryl/α,β-unsaturated/α-hetero) is 1. The van der Waals surface area contributed by atoms with Gasteiger partial charge in [-0.15, -0.1) is 0 Å². The van der Waals surface area contributed by atoms with Gasteiger partial charge in [-0.1, -0.05) is 44.2 Å². The second-order valence-electron chi connectivity index (χ2n) is 10.1. The van der Waals surface area contributed by atoms with Crippen LogP contribution in [-0.4, -0.2) is 28.8 Å². The first-order chi connectivity index (χ1) is 14.7. The predicted octanol–water partition coefficient (Wildman–Crippen LogP) is 5.95. The third-order valence-corrected chi connectivity index (χ3v) is 7.87. The van der Waals surface area contributed by atoms with Crippen LogP contribution in [0.4, 0.5) is 5.82 Å². The Morgan fingerprint density at radius 2 is 1.63 bits per heavy atom. The molecule has 1 atom stereocenters. The summed E-state index contributed by atoms with van der Waals surface area (Å²) in [5, 5.41) is 1.16. The minimum absolute atomic E-state index is 0.290. The van der Waals surface area contributed by atoms with Crippen molar-refractivity contribution < 1.29 is 4.79 Å². The van der Waals surface area contributed by atoms with E-state index in [-0.39, 0.29) is 5.92 Å². The van der Waals surface area contributed by atoms with Crippen LogP contribution in [0.5, 0.6) is 0 Å². The smallest absolute Gasteiger partial charge is 0.139 e. The molecule has 0 N–H and O–H groups in total. The number of hydrogen-bond acceptors (Lipinski definition) is 4. The van der Waals surface area contributed by atoms with Gasteiger partial charge in [-0.05, 0) is 62.5 Å². The maximum absolute atomic E-state index is 13.4. The minimum Gasteiger partial charge on any atom is -0.355 e. The molecule has 1 aromatic carbocycles. The zero-order valence-electron chi connectivity index (χ0n) is 18.2. The number of benzene rings is 1. The average molecular weight is 406 g/mol. The Balaban J connectivity index is 1.38. The molecule has 1 spiro atoms. The van der Waals surface area contributed by atoms with Crippen molar-refractivity contribution in [1.82, 2.24) is 9.97 Å². The summed E-state index contributed by atoms with van der Waals surface area (Å²) in [4.78, 5) is 25.1. The fourth-order valence-electron chi connectivity index (χ4n) is 5.97. The number of carbonyl (C=O) groups is 1. The number of anilines is 1. The third-order valence-electron chi connectivity index (χ3n) is 7.87. The number of para-hydroxylation sites is 1. The fourth-order valence-corrected chi connectivity index (χ4v) is 5.97. The molecule has 1 saturated heterocycles. The van der Waals surface area contributed by atoms with Crippen molar-refractivity contribution in [2.24, 2.45) is 17.3 Å². The molecule has 2 aromatic rings. The first-order valence-electron chi connectivity index (χ1n) is 12.2. The van der Waals surface area contributed by atoms with Crippen LogP contribution in [-0.2, 0) is 4.79 Å². The summed E-state index contributed by atoms with van der Waals surface area (Å²) >= 11 is 0. The van der Waals surface area contributed by atoms with E-state index < -0.39 is 0 Å². The first-order valence-corrected chi connectivity index (χ1v) is 12.2. The standard InChI is InChI=1S/C26H35N3O/c30-24(20-9-3-1-4-10-20)21-11-5-2-8-16-29(18-26(17-21)14-15-26)25-22-12-6-7-13-23(22)27-19-28-25/h6-7,12-13,19-21H,1-5,8-11,14-18H2. The summed E-state index contributed by atoms with van der Waals surface area (Å²) in [6.45, 7) is 2.10. The molecule has 2 heterocycles. The van der Waals surface area contributed by atoms with Gasteiger partial charge in [-0.2, -0.15) is 0 Å². The molecule has 160 valence electrons. The van der Waals surface area contributed by atoms with Gasteiger partial charge in [0.1, 0.15) is 17.9 Å². The molecule has 5 rings (SSSR count). The first kappa shape index (κ1) is 20.0. The van der Waals surface area contributed by atoms with E-state index in [2.05, 4.69) is 28.1 Å². The quantitative estimate of drug-likeness (QED) is 0.633. The second kappa shape index (κ2) is 8.64. The minimum atomic E-state index is 0.290. The van der Waals surface area contributed by atoms with Gasteiger partial charge < -0.3 is 4.90 Å². The van der Waals surface area contributed by atoms with E-state index in [0.29, 0.717) is 17.1 Å². The normalized spacial score (nSPS) is 25.3. The highest BCUT2D eigenvalue weighted by Gasteiger charge is 2.47. The highest BCUT2D eigenvalue weighted by Crippen LogP contribution is 2.53. The van der Waals surface area contributed by atoms with Crippen LogP contribution in [0.1, 0.15) is 77.0 Å². The maximum atomic E-state index is 13.4. The molecular formula is C26H35N3O. The molecule has 0 bridgehead atoms. The van der Waals surface area contributed by atoms with Crippen molar-refractivity contribution in [3.05, 3.63) is 30.6 Å². The van der Waals surface area contributed by atoms with E-state index >= 15 is 0 Å². The molecule has 2 saturated carbocycles. The van der Waals surface area contributed by atoms with Crippen LogP contribution < -0.4 is 4.90 Å². The largest absolute Gasteiger partial charge is 0.355 e. The molecule has 4 nitrogen and oxygen atoms in total. The van der Waals surface area contributed by atoms with Crippen molar-refractivity contribution in [2.75, 3.05) is 18.0 Å². The molecular weight excluding hydrogens is 370 g/mol. The molecule has 1 aliphatic heterocycles. The number of nitrogens with zero attached hydrogens (tertiary/aromatic N) is 3. The third kappa shape index (κ3) is 4.24. The average Bonchev–Trinajstić information content (AvgIpc) is 3.56. The lowest BCUT2D eigenvalue weighted by Gasteiger charge is -2.34. The van der Waals surface area contributed by atoms with E-state index in [1.807, 2.05) is 6.07 Å². The molecule has 30 heavy (non-hydrogen) atoms. The predicted molar refractivity (Wildman–Crippen MR) is 122 cm³/mol. The molecule has 0 radical (unpaired) electrons. The number of aromatic nitrogens is 2. The van der Waals surface area contributed by atoms with E-state index in [9.17, 15) is 4.79 Å². The Hall–Kier alpha value is -1.97. The molecule has 1 unspecified atom stereocenters. The van der Waals surface area contributed by atoms with Crippen LogP contribution in [0, 0.1) is 17.3 Å². The lowest BCUT2D eigenvalue weighted by Crippen LogP contribution is -2.36. The van der Waals surface area contributed by atoms with E-state index in [4.69, 9.17) is 4.98 Å². The van der Waals surface area contributed by atoms with Gasteiger partial charge in [0, 0.05) is 30.3 Å². The summed E-state index contributed by atoms with van der Waals surface area (Å²) in [6, 6.07) is 8.36. The molecule has 1 aromatic heterocycles. The van der Waals surface area contributed by atoms with Gasteiger partial charge in [0.2, 0.25) is 0 Å². The maximum Gasteiger partial charge on any atom is 0.139 e. The topological polar surface area (TPSA) is 46.1 Å². The second-order valence-corrected chi connectivity index (χ2v) is 10.1. The number of hydrogen-bond donors (Lipinski definition) is 0. The van der Waals surface area contributed by atoms with Crippen molar-refractivity contribution in [3.8, 4) is 0 Å². The number of rotatable bonds is 3. The van der Waals surface area contributed by atoms with Crippen LogP contribution in [0.15, 0.2) is 30.6 Å². The highest BCUT2D eigenvalue weighted by atomic mass is 16.1. The Morgan fingerprint density at radius 3 is 2.43 bits per heavy atom. The molecule has 3 aliphatic rings. The van der Waals surface area contributed by atoms with Crippen LogP contribution >= 0.6 is 0 Å². The highest BCUT2D eigenvalue weighted by molar-refractivity contribution is 5.89. The summed E-state index contributed by atoms with van der Waals surface area (Å²) in [7, 11) is 0. The Bertz CT molecular complexity index is 879. The summed E-state index contributed by atoms with van der Waals surface area (Å²) in [5.74, 6) is 2.34. The van der Waals surface area contributed by atoms with Gasteiger partial charge in [-0.25, -0.2) is 9.97 Å². The zero-order valence-corrected chi connectivity index (χ0v) is 18.2. The molecule has 2 aliphatic carbocycles. The Morgan fingerprint density at radius 1 is 0.900 bits per heavy atom. The summed E-state index contributed by atoms with van der Waals surface area (Å²) < 4.78 is 0. The fraction of sp³-hybridized carbons (Fsp3) is 0.654. The zero-order chi connectivity index (χ0) is 20.4. The lowest BCUT2D eigenvalue weighted by atomic mass is 9.76. The van der Waals surface area contributed by atoms with E-state index in [1.54, 1.807) is 6.33 Å². The van der Waals surface area contributed by atoms with Crippen molar-refractivity contribution in [1.29, 1.82) is 0 Å². The van der Waals surface area contributed by atoms with Crippen molar-refractivity contribution in [2.45, 2.75) is 77.0 Å².